The van der Waals surface area contributed by atoms with E-state index in [0.29, 0.717) is 31.1 Å². The number of ether oxygens (including phenoxy) is 2. The molecule has 1 fully saturated rings. The third-order valence-corrected chi connectivity index (χ3v) is 2.59. The maximum atomic E-state index is 10.9. The number of thiocarbonyl (C=S) groups is 1. The lowest BCUT2D eigenvalue weighted by atomic mass is 10.2. The zero-order valence-corrected chi connectivity index (χ0v) is 9.59. The first-order valence-corrected chi connectivity index (χ1v) is 5.24. The molecule has 0 bridgehead atoms. The third-order valence-electron chi connectivity index (χ3n) is 2.33. The molecule has 0 spiro atoms. The van der Waals surface area contributed by atoms with Crippen LogP contribution in [0, 0.1) is 0 Å². The molecule has 0 amide bonds. The molecular formula is C9H16N2O3S. The Morgan fingerprint density at radius 2 is 2.47 bits per heavy atom. The molecule has 86 valence electrons. The molecule has 1 aliphatic rings. The number of nitrogens with zero attached hydrogens (tertiary/aromatic N) is 1. The quantitative estimate of drug-likeness (QED) is 0.522. The molecular weight excluding hydrogens is 216 g/mol. The highest BCUT2D eigenvalue weighted by Gasteiger charge is 2.22. The zero-order chi connectivity index (χ0) is 11.3. The molecule has 2 N–H and O–H groups in total. The summed E-state index contributed by atoms with van der Waals surface area (Å²) in [7, 11) is 1.39. The maximum Gasteiger partial charge on any atom is 0.306 e. The molecule has 0 saturated carbocycles. The highest BCUT2D eigenvalue weighted by molar-refractivity contribution is 7.80. The first kappa shape index (κ1) is 12.4. The Morgan fingerprint density at radius 1 is 1.73 bits per heavy atom. The lowest BCUT2D eigenvalue weighted by molar-refractivity contribution is -0.141. The van der Waals surface area contributed by atoms with Gasteiger partial charge in [0, 0.05) is 19.6 Å². The van der Waals surface area contributed by atoms with Crippen LogP contribution in [-0.4, -0.2) is 55.3 Å². The fourth-order valence-corrected chi connectivity index (χ4v) is 1.57. The minimum atomic E-state index is -0.201. The Bertz CT molecular complexity index is 248. The second kappa shape index (κ2) is 5.99. The number of carbonyl (C=O) groups excluding carboxylic acids is 1. The second-order valence-corrected chi connectivity index (χ2v) is 3.86. The number of nitrogens with two attached hydrogens (primary N) is 1. The standard InChI is InChI=1S/C9H16N2O3S/c1-13-8(12)2-3-11-4-5-14-7(6-11)9(10)15/h7H,2-6H2,1H3,(H2,10,15). The normalized spacial score (nSPS) is 22.3. The summed E-state index contributed by atoms with van der Waals surface area (Å²) in [6.07, 6.45) is 0.201. The van der Waals surface area contributed by atoms with E-state index in [-0.39, 0.29) is 12.1 Å². The average molecular weight is 232 g/mol. The van der Waals surface area contributed by atoms with Crippen molar-refractivity contribution < 1.29 is 14.3 Å². The predicted molar refractivity (Wildman–Crippen MR) is 59.6 cm³/mol. The van der Waals surface area contributed by atoms with Crippen LogP contribution in [0.25, 0.3) is 0 Å². The molecule has 0 radical (unpaired) electrons. The second-order valence-electron chi connectivity index (χ2n) is 3.39. The summed E-state index contributed by atoms with van der Waals surface area (Å²) in [5.41, 5.74) is 5.50. The van der Waals surface area contributed by atoms with Gasteiger partial charge in [-0.15, -0.1) is 0 Å². The van der Waals surface area contributed by atoms with Crippen LogP contribution in [0.15, 0.2) is 0 Å². The van der Waals surface area contributed by atoms with Gasteiger partial charge in [0.1, 0.15) is 11.1 Å². The number of methoxy groups -OCH3 is 1. The summed E-state index contributed by atoms with van der Waals surface area (Å²) >= 11 is 4.86. The Hall–Kier alpha value is -0.720. The van der Waals surface area contributed by atoms with Gasteiger partial charge in [0.15, 0.2) is 0 Å². The lowest BCUT2D eigenvalue weighted by Crippen LogP contribution is -2.48. The SMILES string of the molecule is COC(=O)CCN1CCOC(C(N)=S)C1. The van der Waals surface area contributed by atoms with E-state index in [2.05, 4.69) is 9.64 Å². The number of hydrogen-bond donors (Lipinski definition) is 1. The highest BCUT2D eigenvalue weighted by Crippen LogP contribution is 2.06. The Morgan fingerprint density at radius 3 is 3.07 bits per heavy atom. The van der Waals surface area contributed by atoms with Gasteiger partial charge >= 0.3 is 5.97 Å². The van der Waals surface area contributed by atoms with Crippen LogP contribution in [0.5, 0.6) is 0 Å². The molecule has 1 heterocycles. The van der Waals surface area contributed by atoms with Gasteiger partial charge in [-0.25, -0.2) is 0 Å². The molecule has 1 saturated heterocycles. The molecule has 0 aromatic heterocycles. The molecule has 1 aliphatic heterocycles. The van der Waals surface area contributed by atoms with Gasteiger partial charge in [-0.2, -0.15) is 0 Å². The fraction of sp³-hybridized carbons (Fsp3) is 0.778. The van der Waals surface area contributed by atoms with E-state index in [9.17, 15) is 4.79 Å². The van der Waals surface area contributed by atoms with Crippen LogP contribution in [0.1, 0.15) is 6.42 Å². The molecule has 15 heavy (non-hydrogen) atoms. The van der Waals surface area contributed by atoms with Gasteiger partial charge in [0.25, 0.3) is 0 Å². The minimum Gasteiger partial charge on any atom is -0.469 e. The van der Waals surface area contributed by atoms with Gasteiger partial charge in [-0.3, -0.25) is 9.69 Å². The molecule has 5 nitrogen and oxygen atoms in total. The average Bonchev–Trinajstić information content (AvgIpc) is 2.26. The van der Waals surface area contributed by atoms with Gasteiger partial charge in [-0.05, 0) is 0 Å². The van der Waals surface area contributed by atoms with Crippen molar-refractivity contribution in [2.45, 2.75) is 12.5 Å². The van der Waals surface area contributed by atoms with Gasteiger partial charge < -0.3 is 15.2 Å². The van der Waals surface area contributed by atoms with Crippen LogP contribution in [-0.2, 0) is 14.3 Å². The molecule has 1 unspecified atom stereocenters. The topological polar surface area (TPSA) is 64.8 Å². The van der Waals surface area contributed by atoms with Crippen molar-refractivity contribution in [3.63, 3.8) is 0 Å². The lowest BCUT2D eigenvalue weighted by Gasteiger charge is -2.31. The Kier molecular flexibility index (Phi) is 4.93. The van der Waals surface area contributed by atoms with E-state index in [4.69, 9.17) is 22.7 Å². The zero-order valence-electron chi connectivity index (χ0n) is 8.77. The molecule has 0 aromatic carbocycles. The van der Waals surface area contributed by atoms with E-state index in [1.165, 1.54) is 7.11 Å². The van der Waals surface area contributed by atoms with E-state index in [1.54, 1.807) is 0 Å². The number of rotatable bonds is 4. The van der Waals surface area contributed by atoms with Gasteiger partial charge in [0.2, 0.25) is 0 Å². The predicted octanol–water partition coefficient (Wildman–Crippen LogP) is -0.464. The van der Waals surface area contributed by atoms with Crippen LogP contribution >= 0.6 is 12.2 Å². The monoisotopic (exact) mass is 232 g/mol. The van der Waals surface area contributed by atoms with Crippen LogP contribution in [0.2, 0.25) is 0 Å². The molecule has 6 heteroatoms. The van der Waals surface area contributed by atoms with Gasteiger partial charge in [-0.1, -0.05) is 12.2 Å². The third kappa shape index (κ3) is 4.11. The molecule has 1 rings (SSSR count). The van der Waals surface area contributed by atoms with E-state index in [0.717, 1.165) is 6.54 Å². The van der Waals surface area contributed by atoms with Crippen molar-refractivity contribution in [3.8, 4) is 0 Å². The Labute approximate surface area is 94.5 Å². The summed E-state index contributed by atoms with van der Waals surface area (Å²) in [6.45, 7) is 2.72. The van der Waals surface area contributed by atoms with E-state index in [1.807, 2.05) is 0 Å². The van der Waals surface area contributed by atoms with Crippen molar-refractivity contribution in [3.05, 3.63) is 0 Å². The number of esters is 1. The van der Waals surface area contributed by atoms with Crippen molar-refractivity contribution in [2.75, 3.05) is 33.4 Å². The van der Waals surface area contributed by atoms with Crippen LogP contribution < -0.4 is 5.73 Å². The first-order chi connectivity index (χ1) is 7.13. The van der Waals surface area contributed by atoms with Crippen LogP contribution in [0.3, 0.4) is 0 Å². The van der Waals surface area contributed by atoms with E-state index >= 15 is 0 Å². The maximum absolute atomic E-state index is 10.9. The minimum absolute atomic E-state index is 0.189. The number of hydrogen-bond acceptors (Lipinski definition) is 5. The summed E-state index contributed by atoms with van der Waals surface area (Å²) in [4.78, 5) is 13.4. The fourth-order valence-electron chi connectivity index (χ4n) is 1.43. The summed E-state index contributed by atoms with van der Waals surface area (Å²) in [5, 5.41) is 0. The van der Waals surface area contributed by atoms with Crippen molar-refractivity contribution >= 4 is 23.2 Å². The molecule has 0 aliphatic carbocycles. The van der Waals surface area contributed by atoms with Crippen molar-refractivity contribution in [2.24, 2.45) is 5.73 Å². The molecule has 0 aromatic rings. The summed E-state index contributed by atoms with van der Waals surface area (Å²) < 4.78 is 9.95. The number of morpholine rings is 1. The van der Waals surface area contributed by atoms with Crippen molar-refractivity contribution in [1.29, 1.82) is 0 Å². The first-order valence-electron chi connectivity index (χ1n) is 4.83. The largest absolute Gasteiger partial charge is 0.469 e. The van der Waals surface area contributed by atoms with E-state index < -0.39 is 0 Å². The highest BCUT2D eigenvalue weighted by atomic mass is 32.1. The van der Waals surface area contributed by atoms with Gasteiger partial charge in [0.05, 0.1) is 20.1 Å². The van der Waals surface area contributed by atoms with Crippen molar-refractivity contribution in [1.82, 2.24) is 4.90 Å². The number of carbonyl (C=O) groups is 1. The van der Waals surface area contributed by atoms with Crippen LogP contribution in [0.4, 0.5) is 0 Å². The smallest absolute Gasteiger partial charge is 0.306 e. The molecule has 1 atom stereocenters. The summed E-state index contributed by atoms with van der Waals surface area (Å²) in [6, 6.07) is 0. The summed E-state index contributed by atoms with van der Waals surface area (Å²) in [5.74, 6) is -0.201. The Balaban J connectivity index is 2.30.